The highest BCUT2D eigenvalue weighted by molar-refractivity contribution is 7.99. The van der Waals surface area contributed by atoms with E-state index < -0.39 is 17.6 Å². The second kappa shape index (κ2) is 9.28. The summed E-state index contributed by atoms with van der Waals surface area (Å²) in [5.74, 6) is -0.373. The van der Waals surface area contributed by atoms with Gasteiger partial charge in [-0.3, -0.25) is 0 Å². The molecule has 22 heavy (non-hydrogen) atoms. The van der Waals surface area contributed by atoms with Gasteiger partial charge < -0.3 is 5.32 Å². The van der Waals surface area contributed by atoms with Crippen molar-refractivity contribution in [1.82, 2.24) is 0 Å². The molecule has 1 aromatic rings. The van der Waals surface area contributed by atoms with Crippen molar-refractivity contribution >= 4 is 17.4 Å². The first-order valence-electron chi connectivity index (χ1n) is 7.60. The number of hydrogen-bond acceptors (Lipinski definition) is 2. The quantitative estimate of drug-likeness (QED) is 0.322. The topological polar surface area (TPSA) is 12.0 Å². The van der Waals surface area contributed by atoms with Gasteiger partial charge in [-0.2, -0.15) is 13.2 Å². The fraction of sp³-hybridized carbons (Fsp3) is 0.625. The van der Waals surface area contributed by atoms with Gasteiger partial charge in [-0.25, -0.2) is 4.39 Å². The molecule has 0 saturated carbocycles. The van der Waals surface area contributed by atoms with Crippen molar-refractivity contribution in [1.29, 1.82) is 0 Å². The van der Waals surface area contributed by atoms with Gasteiger partial charge >= 0.3 is 6.18 Å². The molecule has 0 bridgehead atoms. The molecule has 0 saturated heterocycles. The average Bonchev–Trinajstić information content (AvgIpc) is 2.46. The Kier molecular flexibility index (Phi) is 8.07. The van der Waals surface area contributed by atoms with Gasteiger partial charge in [-0.05, 0) is 31.0 Å². The molecule has 1 aromatic carbocycles. The van der Waals surface area contributed by atoms with Gasteiger partial charge in [0, 0.05) is 5.25 Å². The fourth-order valence-corrected chi connectivity index (χ4v) is 3.14. The van der Waals surface area contributed by atoms with Crippen molar-refractivity contribution in [3.05, 3.63) is 29.6 Å². The van der Waals surface area contributed by atoms with Crippen LogP contribution in [-0.4, -0.2) is 11.1 Å². The Balaban J connectivity index is 2.47. The first-order chi connectivity index (χ1) is 10.4. The van der Waals surface area contributed by atoms with E-state index in [9.17, 15) is 17.6 Å². The number of anilines is 1. The van der Waals surface area contributed by atoms with Crippen LogP contribution in [0.3, 0.4) is 0 Å². The Morgan fingerprint density at radius 2 is 1.91 bits per heavy atom. The van der Waals surface area contributed by atoms with Crippen LogP contribution < -0.4 is 5.32 Å². The molecule has 1 atom stereocenters. The van der Waals surface area contributed by atoms with Crippen molar-refractivity contribution in [3.63, 3.8) is 0 Å². The zero-order valence-electron chi connectivity index (χ0n) is 13.0. The number of benzene rings is 1. The molecule has 0 aliphatic carbocycles. The summed E-state index contributed by atoms with van der Waals surface area (Å²) in [6.45, 7) is 4.27. The monoisotopic (exact) mass is 337 g/mol. The molecule has 0 aliphatic heterocycles. The smallest absolute Gasteiger partial charge is 0.374 e. The minimum Gasteiger partial charge on any atom is -0.374 e. The normalized spacial score (nSPS) is 13.2. The third kappa shape index (κ3) is 6.46. The summed E-state index contributed by atoms with van der Waals surface area (Å²) in [6, 6.07) is 2.58. The molecule has 0 spiro atoms. The highest BCUT2D eigenvalue weighted by atomic mass is 32.2. The second-order valence-corrected chi connectivity index (χ2v) is 6.49. The maximum absolute atomic E-state index is 13.7. The predicted octanol–water partition coefficient (Wildman–Crippen LogP) is 6.31. The van der Waals surface area contributed by atoms with Gasteiger partial charge in [-0.15, -0.1) is 11.8 Å². The molecule has 0 aromatic heterocycles. The first kappa shape index (κ1) is 19.1. The van der Waals surface area contributed by atoms with Crippen LogP contribution in [0, 0.1) is 5.82 Å². The molecule has 0 fully saturated rings. The Labute approximate surface area is 133 Å². The lowest BCUT2D eigenvalue weighted by Crippen LogP contribution is -2.09. The van der Waals surface area contributed by atoms with Crippen molar-refractivity contribution < 1.29 is 17.6 Å². The van der Waals surface area contributed by atoms with Crippen LogP contribution in [0.1, 0.15) is 51.5 Å². The maximum Gasteiger partial charge on any atom is 0.416 e. The van der Waals surface area contributed by atoms with Crippen molar-refractivity contribution in [2.24, 2.45) is 0 Å². The van der Waals surface area contributed by atoms with Crippen LogP contribution in [0.25, 0.3) is 0 Å². The fourth-order valence-electron chi connectivity index (χ4n) is 2.10. The Morgan fingerprint density at radius 3 is 2.45 bits per heavy atom. The number of nitrogens with one attached hydrogen (secondary N) is 1. The molecular weight excluding hydrogens is 314 g/mol. The van der Waals surface area contributed by atoms with Crippen LogP contribution in [0.5, 0.6) is 0 Å². The van der Waals surface area contributed by atoms with Crippen molar-refractivity contribution in [2.75, 3.05) is 11.2 Å². The lowest BCUT2D eigenvalue weighted by molar-refractivity contribution is -0.137. The second-order valence-electron chi connectivity index (χ2n) is 5.21. The molecule has 0 radical (unpaired) electrons. The Morgan fingerprint density at radius 1 is 1.18 bits per heavy atom. The SMILES string of the molecule is CCCCC[C@H](CC)SCNc1ccc(C(F)(F)F)cc1F. The maximum atomic E-state index is 13.7. The predicted molar refractivity (Wildman–Crippen MR) is 85.7 cm³/mol. The lowest BCUT2D eigenvalue weighted by Gasteiger charge is -2.16. The van der Waals surface area contributed by atoms with Gasteiger partial charge in [0.05, 0.1) is 17.1 Å². The van der Waals surface area contributed by atoms with Gasteiger partial charge in [0.1, 0.15) is 5.82 Å². The molecule has 0 aliphatic rings. The highest BCUT2D eigenvalue weighted by Gasteiger charge is 2.31. The van der Waals surface area contributed by atoms with Crippen molar-refractivity contribution in [2.45, 2.75) is 57.4 Å². The van der Waals surface area contributed by atoms with E-state index in [1.54, 1.807) is 11.8 Å². The van der Waals surface area contributed by atoms with E-state index in [1.165, 1.54) is 19.3 Å². The van der Waals surface area contributed by atoms with Crippen LogP contribution in [0.2, 0.25) is 0 Å². The van der Waals surface area contributed by atoms with E-state index in [-0.39, 0.29) is 5.69 Å². The van der Waals surface area contributed by atoms with Gasteiger partial charge in [0.15, 0.2) is 0 Å². The van der Waals surface area contributed by atoms with E-state index in [0.717, 1.165) is 25.0 Å². The largest absolute Gasteiger partial charge is 0.416 e. The average molecular weight is 337 g/mol. The zero-order valence-corrected chi connectivity index (χ0v) is 13.8. The summed E-state index contributed by atoms with van der Waals surface area (Å²) in [5, 5.41) is 3.36. The summed E-state index contributed by atoms with van der Waals surface area (Å²) in [5.41, 5.74) is -0.849. The Hall–Kier alpha value is -0.910. The van der Waals surface area contributed by atoms with E-state index in [4.69, 9.17) is 0 Å². The molecule has 1 N–H and O–H groups in total. The highest BCUT2D eigenvalue weighted by Crippen LogP contribution is 2.31. The lowest BCUT2D eigenvalue weighted by atomic mass is 10.1. The number of thioether (sulfide) groups is 1. The number of unbranched alkanes of at least 4 members (excludes halogenated alkanes) is 2. The third-order valence-corrected chi connectivity index (χ3v) is 4.81. The summed E-state index contributed by atoms with van der Waals surface area (Å²) >= 11 is 1.69. The van der Waals surface area contributed by atoms with E-state index in [2.05, 4.69) is 19.2 Å². The minimum atomic E-state index is -4.51. The molecule has 0 unspecified atom stereocenters. The van der Waals surface area contributed by atoms with Gasteiger partial charge in [-0.1, -0.05) is 33.1 Å². The Bertz CT molecular complexity index is 448. The molecule has 6 heteroatoms. The molecule has 126 valence electrons. The zero-order chi connectivity index (χ0) is 16.6. The van der Waals surface area contributed by atoms with Crippen LogP contribution >= 0.6 is 11.8 Å². The third-order valence-electron chi connectivity index (χ3n) is 3.46. The van der Waals surface area contributed by atoms with Crippen LogP contribution in [0.4, 0.5) is 23.2 Å². The van der Waals surface area contributed by atoms with Crippen molar-refractivity contribution in [3.8, 4) is 0 Å². The molecule has 1 rings (SSSR count). The van der Waals surface area contributed by atoms with Gasteiger partial charge in [0.25, 0.3) is 0 Å². The van der Waals surface area contributed by atoms with Crippen LogP contribution in [-0.2, 0) is 6.18 Å². The van der Waals surface area contributed by atoms with E-state index >= 15 is 0 Å². The van der Waals surface area contributed by atoms with E-state index in [0.29, 0.717) is 17.2 Å². The molecule has 0 heterocycles. The number of rotatable bonds is 9. The van der Waals surface area contributed by atoms with Crippen LogP contribution in [0.15, 0.2) is 18.2 Å². The summed E-state index contributed by atoms with van der Waals surface area (Å²) in [4.78, 5) is 0. The molecule has 1 nitrogen and oxygen atoms in total. The number of halogens is 4. The van der Waals surface area contributed by atoms with Gasteiger partial charge in [0.2, 0.25) is 0 Å². The summed E-state index contributed by atoms with van der Waals surface area (Å²) < 4.78 is 51.0. The summed E-state index contributed by atoms with van der Waals surface area (Å²) in [6.07, 6.45) is 1.20. The van der Waals surface area contributed by atoms with E-state index in [1.807, 2.05) is 0 Å². The first-order valence-corrected chi connectivity index (χ1v) is 8.65. The molecule has 0 amide bonds. The standard InChI is InChI=1S/C16H23F4NS/c1-3-5-6-7-13(4-2)22-11-21-15-9-8-12(10-14(15)17)16(18,19)20/h8-10,13,21H,3-7,11H2,1-2H3/t13-/m0/s1. The summed E-state index contributed by atoms with van der Waals surface area (Å²) in [7, 11) is 0. The number of alkyl halides is 3. The minimum absolute atomic E-state index is 0.115. The number of hydrogen-bond donors (Lipinski definition) is 1. The molecular formula is C16H23F4NS.